The molecule has 0 aliphatic carbocycles. The number of thiol groups is 1. The van der Waals surface area contributed by atoms with Crippen molar-refractivity contribution in [1.82, 2.24) is 0 Å². The van der Waals surface area contributed by atoms with Crippen LogP contribution in [0.3, 0.4) is 0 Å². The van der Waals surface area contributed by atoms with E-state index < -0.39 is 0 Å². The van der Waals surface area contributed by atoms with Crippen LogP contribution in [0.2, 0.25) is 0 Å². The Hall–Kier alpha value is 0.700. The Morgan fingerprint density at radius 2 is 1.92 bits per heavy atom. The van der Waals surface area contributed by atoms with Gasteiger partial charge in [0, 0.05) is 5.25 Å². The highest BCUT2D eigenvalue weighted by atomic mass is 32.2. The van der Waals surface area contributed by atoms with Crippen molar-refractivity contribution in [3.63, 3.8) is 0 Å². The van der Waals surface area contributed by atoms with Gasteiger partial charge in [-0.05, 0) is 24.3 Å². The molecule has 0 saturated heterocycles. The molecule has 2 heteroatoms. The largest absolute Gasteiger partial charge is 0.179 e. The van der Waals surface area contributed by atoms with E-state index in [0.717, 1.165) is 11.0 Å². The van der Waals surface area contributed by atoms with E-state index in [9.17, 15) is 0 Å². The molecule has 0 amide bonds. The highest BCUT2D eigenvalue weighted by Gasteiger charge is 2.05. The number of unbranched alkanes of at least 4 members (excludes halogenated alkanes) is 2. The van der Waals surface area contributed by atoms with Gasteiger partial charge in [0.1, 0.15) is 0 Å². The SMILES string of the molecule is CCCCCC(CCS)SCC. The zero-order valence-corrected chi connectivity index (χ0v) is 10.1. The van der Waals surface area contributed by atoms with E-state index in [1.807, 2.05) is 0 Å². The lowest BCUT2D eigenvalue weighted by Crippen LogP contribution is -2.03. The van der Waals surface area contributed by atoms with Crippen molar-refractivity contribution in [2.24, 2.45) is 0 Å². The maximum Gasteiger partial charge on any atom is 0.00547 e. The number of hydrogen-bond acceptors (Lipinski definition) is 2. The summed E-state index contributed by atoms with van der Waals surface area (Å²) in [6, 6.07) is 0. The summed E-state index contributed by atoms with van der Waals surface area (Å²) in [6.07, 6.45) is 6.82. The lowest BCUT2D eigenvalue weighted by molar-refractivity contribution is 0.638. The van der Waals surface area contributed by atoms with E-state index in [2.05, 4.69) is 38.2 Å². The van der Waals surface area contributed by atoms with Gasteiger partial charge in [-0.1, -0.05) is 33.1 Å². The lowest BCUT2D eigenvalue weighted by atomic mass is 10.1. The van der Waals surface area contributed by atoms with Crippen molar-refractivity contribution < 1.29 is 0 Å². The fraction of sp³-hybridized carbons (Fsp3) is 1.00. The predicted molar refractivity (Wildman–Crippen MR) is 64.5 cm³/mol. The summed E-state index contributed by atoms with van der Waals surface area (Å²) >= 11 is 6.39. The zero-order chi connectivity index (χ0) is 9.23. The lowest BCUT2D eigenvalue weighted by Gasteiger charge is -2.13. The average molecular weight is 206 g/mol. The molecule has 1 unspecified atom stereocenters. The molecular weight excluding hydrogens is 184 g/mol. The average Bonchev–Trinajstić information content (AvgIpc) is 2.06. The van der Waals surface area contributed by atoms with Crippen molar-refractivity contribution >= 4 is 24.4 Å². The maximum atomic E-state index is 4.28. The highest BCUT2D eigenvalue weighted by molar-refractivity contribution is 7.99. The molecule has 0 radical (unpaired) electrons. The molecule has 0 N–H and O–H groups in total. The first-order chi connectivity index (χ1) is 5.85. The van der Waals surface area contributed by atoms with Gasteiger partial charge < -0.3 is 0 Å². The number of hydrogen-bond donors (Lipinski definition) is 1. The van der Waals surface area contributed by atoms with Gasteiger partial charge in [-0.2, -0.15) is 24.4 Å². The smallest absolute Gasteiger partial charge is 0.00547 e. The van der Waals surface area contributed by atoms with E-state index in [4.69, 9.17) is 0 Å². The van der Waals surface area contributed by atoms with E-state index in [-0.39, 0.29) is 0 Å². The first-order valence-corrected chi connectivity index (χ1v) is 6.75. The minimum absolute atomic E-state index is 0.874. The van der Waals surface area contributed by atoms with Gasteiger partial charge in [0.2, 0.25) is 0 Å². The van der Waals surface area contributed by atoms with E-state index in [0.29, 0.717) is 0 Å². The normalized spacial score (nSPS) is 13.2. The predicted octanol–water partition coefficient (Wildman–Crippen LogP) is 4.01. The van der Waals surface area contributed by atoms with Gasteiger partial charge in [-0.15, -0.1) is 0 Å². The first-order valence-electron chi connectivity index (χ1n) is 5.07. The summed E-state index contributed by atoms with van der Waals surface area (Å²) in [5.74, 6) is 2.30. The number of rotatable bonds is 8. The third kappa shape index (κ3) is 7.35. The molecule has 0 fully saturated rings. The minimum atomic E-state index is 0.874. The van der Waals surface area contributed by atoms with Crippen molar-refractivity contribution in [2.45, 2.75) is 51.2 Å². The van der Waals surface area contributed by atoms with Crippen LogP contribution >= 0.6 is 24.4 Å². The molecular formula is C10H22S2. The molecule has 0 aliphatic heterocycles. The zero-order valence-electron chi connectivity index (χ0n) is 8.38. The third-order valence-corrected chi connectivity index (χ3v) is 3.52. The maximum absolute atomic E-state index is 4.28. The van der Waals surface area contributed by atoms with Crippen LogP contribution in [0, 0.1) is 0 Å². The van der Waals surface area contributed by atoms with Crippen LogP contribution < -0.4 is 0 Å². The fourth-order valence-electron chi connectivity index (χ4n) is 1.31. The summed E-state index contributed by atoms with van der Waals surface area (Å²) in [5, 5.41) is 0.874. The Balaban J connectivity index is 3.34. The molecule has 0 aliphatic rings. The highest BCUT2D eigenvalue weighted by Crippen LogP contribution is 2.21. The van der Waals surface area contributed by atoms with Crippen LogP contribution in [0.15, 0.2) is 0 Å². The summed E-state index contributed by atoms with van der Waals surface area (Å²) in [7, 11) is 0. The molecule has 1 atom stereocenters. The summed E-state index contributed by atoms with van der Waals surface area (Å²) < 4.78 is 0. The van der Waals surface area contributed by atoms with Gasteiger partial charge >= 0.3 is 0 Å². The molecule has 0 aromatic carbocycles. The second kappa shape index (κ2) is 9.79. The molecule has 0 nitrogen and oxygen atoms in total. The molecule has 0 bridgehead atoms. The topological polar surface area (TPSA) is 0 Å². The summed E-state index contributed by atoms with van der Waals surface area (Å²) in [4.78, 5) is 0. The summed E-state index contributed by atoms with van der Waals surface area (Å²) in [6.45, 7) is 4.51. The van der Waals surface area contributed by atoms with Crippen LogP contribution in [0.5, 0.6) is 0 Å². The van der Waals surface area contributed by atoms with Gasteiger partial charge in [0.15, 0.2) is 0 Å². The third-order valence-electron chi connectivity index (χ3n) is 1.98. The molecule has 0 saturated carbocycles. The number of thioether (sulfide) groups is 1. The molecule has 0 heterocycles. The molecule has 74 valence electrons. The van der Waals surface area contributed by atoms with Crippen LogP contribution in [0.4, 0.5) is 0 Å². The van der Waals surface area contributed by atoms with Crippen molar-refractivity contribution in [3.05, 3.63) is 0 Å². The Kier molecular flexibility index (Phi) is 10.4. The van der Waals surface area contributed by atoms with E-state index in [1.165, 1.54) is 37.9 Å². The second-order valence-corrected chi connectivity index (χ2v) is 5.11. The standard InChI is InChI=1S/C10H22S2/c1-3-5-6-7-10(8-9-11)12-4-2/h10-11H,3-9H2,1-2H3. The van der Waals surface area contributed by atoms with Crippen molar-refractivity contribution in [2.75, 3.05) is 11.5 Å². The van der Waals surface area contributed by atoms with Crippen LogP contribution in [-0.2, 0) is 0 Å². The van der Waals surface area contributed by atoms with Crippen LogP contribution in [0.1, 0.15) is 46.0 Å². The van der Waals surface area contributed by atoms with Gasteiger partial charge in [0.05, 0.1) is 0 Å². The van der Waals surface area contributed by atoms with Gasteiger partial charge in [-0.25, -0.2) is 0 Å². The Morgan fingerprint density at radius 3 is 2.42 bits per heavy atom. The summed E-state index contributed by atoms with van der Waals surface area (Å²) in [5.41, 5.74) is 0. The Bertz CT molecular complexity index is 77.9. The monoisotopic (exact) mass is 206 g/mol. The minimum Gasteiger partial charge on any atom is -0.179 e. The fourth-order valence-corrected chi connectivity index (χ4v) is 2.89. The first kappa shape index (κ1) is 12.7. The van der Waals surface area contributed by atoms with Crippen LogP contribution in [0.25, 0.3) is 0 Å². The second-order valence-electron chi connectivity index (χ2n) is 3.09. The molecule has 12 heavy (non-hydrogen) atoms. The van der Waals surface area contributed by atoms with E-state index >= 15 is 0 Å². The molecule has 0 rings (SSSR count). The van der Waals surface area contributed by atoms with Gasteiger partial charge in [0.25, 0.3) is 0 Å². The Labute approximate surface area is 87.3 Å². The van der Waals surface area contributed by atoms with Crippen LogP contribution in [-0.4, -0.2) is 16.8 Å². The quantitative estimate of drug-likeness (QED) is 0.462. The molecule has 0 spiro atoms. The Morgan fingerprint density at radius 1 is 1.17 bits per heavy atom. The van der Waals surface area contributed by atoms with Crippen molar-refractivity contribution in [1.29, 1.82) is 0 Å². The molecule has 0 aromatic rings. The van der Waals surface area contributed by atoms with Crippen molar-refractivity contribution in [3.8, 4) is 0 Å². The van der Waals surface area contributed by atoms with Gasteiger partial charge in [-0.3, -0.25) is 0 Å². The molecule has 0 aromatic heterocycles. The van der Waals surface area contributed by atoms with E-state index in [1.54, 1.807) is 0 Å².